The van der Waals surface area contributed by atoms with Crippen molar-refractivity contribution in [1.82, 2.24) is 4.31 Å². The van der Waals surface area contributed by atoms with Crippen molar-refractivity contribution >= 4 is 21.6 Å². The Morgan fingerprint density at radius 2 is 2.12 bits per heavy atom. The summed E-state index contributed by atoms with van der Waals surface area (Å²) in [6, 6.07) is 3.07. The molecule has 0 bridgehead atoms. The molecule has 1 aliphatic rings. The van der Waals surface area contributed by atoms with Crippen LogP contribution in [0.4, 0.5) is 14.5 Å². The number of carbonyl (C=O) groups is 1. The molecule has 1 aromatic rings. The van der Waals surface area contributed by atoms with Gasteiger partial charge in [-0.2, -0.15) is 0 Å². The third-order valence-electron chi connectivity index (χ3n) is 3.88. The highest BCUT2D eigenvalue weighted by Gasteiger charge is 2.32. The van der Waals surface area contributed by atoms with Gasteiger partial charge in [-0.25, -0.2) is 21.5 Å². The lowest BCUT2D eigenvalue weighted by Gasteiger charge is -2.31. The number of nitrogens with one attached hydrogen (secondary N) is 1. The summed E-state index contributed by atoms with van der Waals surface area (Å²) in [4.78, 5) is 12.3. The molecule has 1 aliphatic heterocycles. The van der Waals surface area contributed by atoms with Gasteiger partial charge in [-0.05, 0) is 25.0 Å². The number of ether oxygens (including phenoxy) is 1. The average Bonchev–Trinajstić information content (AvgIpc) is 2.56. The zero-order valence-electron chi connectivity index (χ0n) is 13.3. The molecule has 1 amide bonds. The van der Waals surface area contributed by atoms with Gasteiger partial charge in [0.1, 0.15) is 0 Å². The van der Waals surface area contributed by atoms with Crippen LogP contribution in [0.1, 0.15) is 12.8 Å². The quantitative estimate of drug-likeness (QED) is 0.834. The van der Waals surface area contributed by atoms with Gasteiger partial charge >= 0.3 is 0 Å². The Hall–Kier alpha value is -1.58. The predicted molar refractivity (Wildman–Crippen MR) is 84.9 cm³/mol. The third kappa shape index (κ3) is 4.71. The summed E-state index contributed by atoms with van der Waals surface area (Å²) in [6.45, 7) is 0.521. The number of methoxy groups -OCH3 is 1. The number of benzene rings is 1. The number of anilines is 1. The van der Waals surface area contributed by atoms with Crippen LogP contribution in [0.25, 0.3) is 0 Å². The fourth-order valence-corrected chi connectivity index (χ4v) is 3.99. The Morgan fingerprint density at radius 1 is 1.38 bits per heavy atom. The molecule has 0 aromatic heterocycles. The van der Waals surface area contributed by atoms with Crippen LogP contribution in [0.15, 0.2) is 18.2 Å². The largest absolute Gasteiger partial charge is 0.384 e. The van der Waals surface area contributed by atoms with E-state index in [1.165, 1.54) is 17.5 Å². The van der Waals surface area contributed by atoms with Gasteiger partial charge in [-0.3, -0.25) is 4.79 Å². The van der Waals surface area contributed by atoms with Gasteiger partial charge in [0.05, 0.1) is 18.3 Å². The predicted octanol–water partition coefficient (Wildman–Crippen LogP) is 1.59. The number of hydrogen-bond acceptors (Lipinski definition) is 4. The van der Waals surface area contributed by atoms with Gasteiger partial charge in [0.2, 0.25) is 15.9 Å². The summed E-state index contributed by atoms with van der Waals surface area (Å²) in [6.07, 6.45) is 1.09. The summed E-state index contributed by atoms with van der Waals surface area (Å²) >= 11 is 0. The molecular formula is C15H20F2N2O4S. The molecule has 9 heteroatoms. The molecule has 1 N–H and O–H groups in total. The normalized spacial score (nSPS) is 19.2. The smallest absolute Gasteiger partial charge is 0.228 e. The molecule has 0 aliphatic carbocycles. The van der Waals surface area contributed by atoms with Crippen molar-refractivity contribution in [2.45, 2.75) is 12.8 Å². The minimum Gasteiger partial charge on any atom is -0.384 e. The molecule has 24 heavy (non-hydrogen) atoms. The number of piperidine rings is 1. The molecule has 1 atom stereocenters. The maximum absolute atomic E-state index is 13.2. The molecule has 2 rings (SSSR count). The molecule has 0 radical (unpaired) electrons. The zero-order chi connectivity index (χ0) is 17.7. The van der Waals surface area contributed by atoms with Gasteiger partial charge in [-0.1, -0.05) is 0 Å². The number of rotatable bonds is 6. The van der Waals surface area contributed by atoms with Gasteiger partial charge in [0.15, 0.2) is 11.6 Å². The van der Waals surface area contributed by atoms with E-state index in [1.54, 1.807) is 0 Å². The summed E-state index contributed by atoms with van der Waals surface area (Å²) in [7, 11) is -2.06. The molecule has 1 saturated heterocycles. The second kappa shape index (κ2) is 8.00. The Labute approximate surface area is 139 Å². The van der Waals surface area contributed by atoms with Crippen molar-refractivity contribution in [2.75, 3.05) is 37.9 Å². The molecule has 1 heterocycles. The van der Waals surface area contributed by atoms with Crippen LogP contribution in [0.3, 0.4) is 0 Å². The maximum Gasteiger partial charge on any atom is 0.228 e. The van der Waals surface area contributed by atoms with Crippen molar-refractivity contribution in [3.05, 3.63) is 29.8 Å². The van der Waals surface area contributed by atoms with Crippen LogP contribution in [0.5, 0.6) is 0 Å². The Morgan fingerprint density at radius 3 is 2.79 bits per heavy atom. The van der Waals surface area contributed by atoms with Gasteiger partial charge < -0.3 is 10.1 Å². The summed E-state index contributed by atoms with van der Waals surface area (Å²) in [5.41, 5.74) is 0.137. The fourth-order valence-electron chi connectivity index (χ4n) is 2.55. The molecule has 134 valence electrons. The highest BCUT2D eigenvalue weighted by Crippen LogP contribution is 2.22. The van der Waals surface area contributed by atoms with E-state index in [1.807, 2.05) is 0 Å². The number of sulfonamides is 1. The Balaban J connectivity index is 2.00. The van der Waals surface area contributed by atoms with Crippen molar-refractivity contribution < 1.29 is 26.7 Å². The van der Waals surface area contributed by atoms with E-state index in [2.05, 4.69) is 5.32 Å². The van der Waals surface area contributed by atoms with Gasteiger partial charge in [0.25, 0.3) is 0 Å². The topological polar surface area (TPSA) is 75.7 Å². The zero-order valence-corrected chi connectivity index (χ0v) is 14.1. The summed E-state index contributed by atoms with van der Waals surface area (Å²) in [5.74, 6) is -3.14. The van der Waals surface area contributed by atoms with Crippen molar-refractivity contribution in [1.29, 1.82) is 0 Å². The molecule has 1 fully saturated rings. The average molecular weight is 362 g/mol. The number of hydrogen-bond donors (Lipinski definition) is 1. The standard InChI is InChI=1S/C15H20F2N2O4S/c1-23-7-8-24(21,22)19-6-2-3-11(10-19)15(20)18-12-4-5-13(16)14(17)9-12/h4-5,9,11H,2-3,6-8,10H2,1H3,(H,18,20). The van der Waals surface area contributed by atoms with Crippen molar-refractivity contribution in [3.63, 3.8) is 0 Å². The van der Waals surface area contributed by atoms with Crippen LogP contribution in [0.2, 0.25) is 0 Å². The lowest BCUT2D eigenvalue weighted by Crippen LogP contribution is -2.45. The highest BCUT2D eigenvalue weighted by molar-refractivity contribution is 7.89. The number of carbonyl (C=O) groups excluding carboxylic acids is 1. The monoisotopic (exact) mass is 362 g/mol. The first-order valence-corrected chi connectivity index (χ1v) is 9.17. The van der Waals surface area contributed by atoms with E-state index in [0.717, 1.165) is 12.1 Å². The summed E-state index contributed by atoms with van der Waals surface area (Å²) < 4.78 is 56.5. The first-order valence-electron chi connectivity index (χ1n) is 7.56. The third-order valence-corrected chi connectivity index (χ3v) is 5.68. The number of amides is 1. The second-order valence-corrected chi connectivity index (χ2v) is 7.71. The molecule has 0 spiro atoms. The minimum atomic E-state index is -3.48. The van der Waals surface area contributed by atoms with Crippen molar-refractivity contribution in [2.24, 2.45) is 5.92 Å². The van der Waals surface area contributed by atoms with E-state index in [4.69, 9.17) is 4.74 Å². The second-order valence-electron chi connectivity index (χ2n) is 5.62. The van der Waals surface area contributed by atoms with E-state index < -0.39 is 33.5 Å². The van der Waals surface area contributed by atoms with Crippen LogP contribution >= 0.6 is 0 Å². The van der Waals surface area contributed by atoms with E-state index in [9.17, 15) is 22.0 Å². The number of halogens is 2. The molecular weight excluding hydrogens is 342 g/mol. The lowest BCUT2D eigenvalue weighted by molar-refractivity contribution is -0.120. The molecule has 1 aromatic carbocycles. The Kier molecular flexibility index (Phi) is 6.25. The van der Waals surface area contributed by atoms with Crippen LogP contribution in [0, 0.1) is 17.6 Å². The van der Waals surface area contributed by atoms with Gasteiger partial charge in [0, 0.05) is 32.0 Å². The first kappa shape index (κ1) is 18.8. The van der Waals surface area contributed by atoms with E-state index >= 15 is 0 Å². The van der Waals surface area contributed by atoms with Crippen LogP contribution in [-0.4, -0.2) is 51.2 Å². The van der Waals surface area contributed by atoms with Crippen LogP contribution < -0.4 is 5.32 Å². The fraction of sp³-hybridized carbons (Fsp3) is 0.533. The van der Waals surface area contributed by atoms with Crippen LogP contribution in [-0.2, 0) is 19.6 Å². The van der Waals surface area contributed by atoms with E-state index in [0.29, 0.717) is 19.4 Å². The Bertz CT molecular complexity index is 697. The molecule has 6 nitrogen and oxygen atoms in total. The molecule has 0 saturated carbocycles. The van der Waals surface area contributed by atoms with E-state index in [-0.39, 0.29) is 24.6 Å². The van der Waals surface area contributed by atoms with Gasteiger partial charge in [-0.15, -0.1) is 0 Å². The number of nitrogens with zero attached hydrogens (tertiary/aromatic N) is 1. The lowest BCUT2D eigenvalue weighted by atomic mass is 9.98. The highest BCUT2D eigenvalue weighted by atomic mass is 32.2. The first-order chi connectivity index (χ1) is 11.3. The summed E-state index contributed by atoms with van der Waals surface area (Å²) in [5, 5.41) is 2.50. The van der Waals surface area contributed by atoms with Crippen molar-refractivity contribution in [3.8, 4) is 0 Å². The SMILES string of the molecule is COCCS(=O)(=O)N1CCCC(C(=O)Nc2ccc(F)c(F)c2)C1. The maximum atomic E-state index is 13.2. The molecule has 1 unspecified atom stereocenters. The minimum absolute atomic E-state index is 0.0710.